The number of amides is 3. The van der Waals surface area contributed by atoms with Gasteiger partial charge in [-0.1, -0.05) is 0 Å². The van der Waals surface area contributed by atoms with Gasteiger partial charge in [-0.2, -0.15) is 13.2 Å². The highest BCUT2D eigenvalue weighted by Crippen LogP contribution is 2.30. The maximum atomic E-state index is 13.0. The van der Waals surface area contributed by atoms with Gasteiger partial charge in [-0.15, -0.1) is 0 Å². The third-order valence-electron chi connectivity index (χ3n) is 5.93. The molecule has 2 aromatic rings. The molecule has 4 rings (SSSR count). The summed E-state index contributed by atoms with van der Waals surface area (Å²) in [7, 11) is 0. The van der Waals surface area contributed by atoms with Gasteiger partial charge in [0.2, 0.25) is 0 Å². The number of anilines is 3. The van der Waals surface area contributed by atoms with Gasteiger partial charge >= 0.3 is 12.2 Å². The van der Waals surface area contributed by atoms with Crippen LogP contribution in [-0.2, 0) is 10.9 Å². The van der Waals surface area contributed by atoms with Crippen molar-refractivity contribution in [2.45, 2.75) is 38.0 Å². The van der Waals surface area contributed by atoms with E-state index in [0.29, 0.717) is 24.4 Å². The first-order valence-electron chi connectivity index (χ1n) is 11.3. The fourth-order valence-electron chi connectivity index (χ4n) is 4.17. The quantitative estimate of drug-likeness (QED) is 0.556. The molecule has 2 saturated heterocycles. The van der Waals surface area contributed by atoms with Crippen molar-refractivity contribution in [1.82, 2.24) is 5.32 Å². The van der Waals surface area contributed by atoms with Gasteiger partial charge in [0.05, 0.1) is 17.2 Å². The standard InChI is InChI=1S/C24H27F3N4O3/c25-24(26,27)16-5-7-17(8-6-16)29-23(33)30-18-9-10-21(31-11-1-2-12-31)20(14-18)22(32)28-15-19-4-3-13-34-19/h5-10,14,19H,1-4,11-13,15H2,(H,28,32)(H2,29,30,33). The maximum absolute atomic E-state index is 13.0. The van der Waals surface area contributed by atoms with Crippen molar-refractivity contribution in [2.75, 3.05) is 41.8 Å². The van der Waals surface area contributed by atoms with Crippen molar-refractivity contribution < 1.29 is 27.5 Å². The van der Waals surface area contributed by atoms with E-state index in [9.17, 15) is 22.8 Å². The lowest BCUT2D eigenvalue weighted by Crippen LogP contribution is -2.33. The number of hydrogen-bond acceptors (Lipinski definition) is 4. The highest BCUT2D eigenvalue weighted by Gasteiger charge is 2.30. The highest BCUT2D eigenvalue weighted by atomic mass is 19.4. The first kappa shape index (κ1) is 23.9. The fraction of sp³-hybridized carbons (Fsp3) is 0.417. The molecule has 0 saturated carbocycles. The molecule has 2 aliphatic heterocycles. The van der Waals surface area contributed by atoms with E-state index < -0.39 is 17.8 Å². The second-order valence-corrected chi connectivity index (χ2v) is 8.43. The lowest BCUT2D eigenvalue weighted by molar-refractivity contribution is -0.137. The summed E-state index contributed by atoms with van der Waals surface area (Å²) in [6.07, 6.45) is -0.453. The van der Waals surface area contributed by atoms with Crippen LogP contribution in [0.1, 0.15) is 41.6 Å². The van der Waals surface area contributed by atoms with Crippen LogP contribution in [0.3, 0.4) is 0 Å². The number of carbonyl (C=O) groups is 2. The van der Waals surface area contributed by atoms with Crippen molar-refractivity contribution in [3.8, 4) is 0 Å². The summed E-state index contributed by atoms with van der Waals surface area (Å²) in [5, 5.41) is 8.09. The Kier molecular flexibility index (Phi) is 7.26. The van der Waals surface area contributed by atoms with Crippen molar-refractivity contribution in [3.63, 3.8) is 0 Å². The zero-order valence-corrected chi connectivity index (χ0v) is 18.6. The van der Waals surface area contributed by atoms with Crippen molar-refractivity contribution >= 4 is 29.0 Å². The van der Waals surface area contributed by atoms with Crippen LogP contribution in [0.25, 0.3) is 0 Å². The summed E-state index contributed by atoms with van der Waals surface area (Å²) in [4.78, 5) is 27.6. The molecule has 2 heterocycles. The van der Waals surface area contributed by atoms with E-state index >= 15 is 0 Å². The number of nitrogens with zero attached hydrogens (tertiary/aromatic N) is 1. The van der Waals surface area contributed by atoms with Crippen LogP contribution >= 0.6 is 0 Å². The number of urea groups is 1. The Bertz CT molecular complexity index is 1020. The maximum Gasteiger partial charge on any atom is 0.416 e. The molecule has 182 valence electrons. The Labute approximate surface area is 195 Å². The van der Waals surface area contributed by atoms with Crippen LogP contribution in [-0.4, -0.2) is 44.3 Å². The third kappa shape index (κ3) is 5.99. The Morgan fingerprint density at radius 1 is 0.971 bits per heavy atom. The van der Waals surface area contributed by atoms with Crippen LogP contribution in [0.2, 0.25) is 0 Å². The molecule has 0 bridgehead atoms. The van der Waals surface area contributed by atoms with E-state index in [4.69, 9.17) is 4.74 Å². The van der Waals surface area contributed by atoms with Gasteiger partial charge in [-0.25, -0.2) is 4.79 Å². The van der Waals surface area contributed by atoms with Crippen molar-refractivity contribution in [2.24, 2.45) is 0 Å². The van der Waals surface area contributed by atoms with Crippen LogP contribution in [0.5, 0.6) is 0 Å². The molecule has 3 amide bonds. The Morgan fingerprint density at radius 3 is 2.29 bits per heavy atom. The lowest BCUT2D eigenvalue weighted by atomic mass is 10.1. The smallest absolute Gasteiger partial charge is 0.376 e. The van der Waals surface area contributed by atoms with Gasteiger partial charge in [0.1, 0.15) is 0 Å². The van der Waals surface area contributed by atoms with Crippen LogP contribution < -0.4 is 20.9 Å². The Hall–Kier alpha value is -3.27. The average Bonchev–Trinajstić information content (AvgIpc) is 3.51. The number of ether oxygens (including phenoxy) is 1. The SMILES string of the molecule is O=C(Nc1ccc(C(F)(F)F)cc1)Nc1ccc(N2CCCC2)c(C(=O)NCC2CCCO2)c1. The second kappa shape index (κ2) is 10.3. The molecule has 0 aliphatic carbocycles. The van der Waals surface area contributed by atoms with Gasteiger partial charge in [-0.05, 0) is 68.1 Å². The third-order valence-corrected chi connectivity index (χ3v) is 5.93. The average molecular weight is 476 g/mol. The fourth-order valence-corrected chi connectivity index (χ4v) is 4.17. The van der Waals surface area contributed by atoms with E-state index in [1.54, 1.807) is 18.2 Å². The molecule has 34 heavy (non-hydrogen) atoms. The summed E-state index contributed by atoms with van der Waals surface area (Å²) in [5.74, 6) is -0.246. The number of carbonyl (C=O) groups excluding carboxylic acids is 2. The van der Waals surface area contributed by atoms with Crippen molar-refractivity contribution in [1.29, 1.82) is 0 Å². The molecule has 10 heteroatoms. The molecule has 0 spiro atoms. The van der Waals surface area contributed by atoms with Crippen molar-refractivity contribution in [3.05, 3.63) is 53.6 Å². The topological polar surface area (TPSA) is 82.7 Å². The Balaban J connectivity index is 1.45. The van der Waals surface area contributed by atoms with Crippen LogP contribution in [0.4, 0.5) is 35.0 Å². The molecular weight excluding hydrogens is 449 g/mol. The van der Waals surface area contributed by atoms with Gasteiger partial charge in [0, 0.05) is 43.3 Å². The molecule has 2 aliphatic rings. The zero-order valence-electron chi connectivity index (χ0n) is 18.6. The molecule has 1 atom stereocenters. The Morgan fingerprint density at radius 2 is 1.65 bits per heavy atom. The van der Waals surface area contributed by atoms with E-state index in [2.05, 4.69) is 20.9 Å². The lowest BCUT2D eigenvalue weighted by Gasteiger charge is -2.22. The number of alkyl halides is 3. The summed E-state index contributed by atoms with van der Waals surface area (Å²) in [6.45, 7) is 2.83. The molecule has 2 fully saturated rings. The van der Waals surface area contributed by atoms with Crippen LogP contribution in [0, 0.1) is 0 Å². The summed E-state index contributed by atoms with van der Waals surface area (Å²) >= 11 is 0. The summed E-state index contributed by atoms with van der Waals surface area (Å²) in [5.41, 5.74) is 1.07. The normalized spacial score (nSPS) is 18.1. The number of rotatable bonds is 6. The monoisotopic (exact) mass is 476 g/mol. The molecule has 7 nitrogen and oxygen atoms in total. The molecule has 0 aromatic heterocycles. The second-order valence-electron chi connectivity index (χ2n) is 8.43. The predicted octanol–water partition coefficient (Wildman–Crippen LogP) is 4.86. The minimum absolute atomic E-state index is 0.00927. The number of hydrogen-bond donors (Lipinski definition) is 3. The van der Waals surface area contributed by atoms with Crippen LogP contribution in [0.15, 0.2) is 42.5 Å². The number of nitrogens with one attached hydrogen (secondary N) is 3. The first-order chi connectivity index (χ1) is 16.3. The minimum Gasteiger partial charge on any atom is -0.376 e. The highest BCUT2D eigenvalue weighted by molar-refractivity contribution is 6.04. The van der Waals surface area contributed by atoms with Gasteiger partial charge < -0.3 is 25.6 Å². The molecule has 0 radical (unpaired) electrons. The van der Waals surface area contributed by atoms with E-state index in [1.165, 1.54) is 12.1 Å². The number of halogens is 3. The van der Waals surface area contributed by atoms with E-state index in [0.717, 1.165) is 56.6 Å². The van der Waals surface area contributed by atoms with Gasteiger partial charge in [0.15, 0.2) is 0 Å². The minimum atomic E-state index is -4.45. The molecule has 2 aromatic carbocycles. The molecule has 1 unspecified atom stereocenters. The predicted molar refractivity (Wildman–Crippen MR) is 123 cm³/mol. The zero-order chi connectivity index (χ0) is 24.1. The molecular formula is C24H27F3N4O3. The first-order valence-corrected chi connectivity index (χ1v) is 11.3. The summed E-state index contributed by atoms with van der Waals surface area (Å²) < 4.78 is 43.7. The largest absolute Gasteiger partial charge is 0.416 e. The van der Waals surface area contributed by atoms with Gasteiger partial charge in [0.25, 0.3) is 5.91 Å². The molecule has 3 N–H and O–H groups in total. The van der Waals surface area contributed by atoms with E-state index in [1.807, 2.05) is 0 Å². The number of benzene rings is 2. The summed E-state index contributed by atoms with van der Waals surface area (Å²) in [6, 6.07) is 8.67. The van der Waals surface area contributed by atoms with E-state index in [-0.39, 0.29) is 17.7 Å². The van der Waals surface area contributed by atoms with Gasteiger partial charge in [-0.3, -0.25) is 4.79 Å².